The molecule has 2 aromatic heterocycles. The number of nitriles is 1. The van der Waals surface area contributed by atoms with Crippen LogP contribution >= 0.6 is 0 Å². The highest BCUT2D eigenvalue weighted by Gasteiger charge is 2.27. The molecule has 1 N–H and O–H groups in total. The maximum absolute atomic E-state index is 12.9. The predicted molar refractivity (Wildman–Crippen MR) is 113 cm³/mol. The number of benzene rings is 1. The first-order valence-corrected chi connectivity index (χ1v) is 10.5. The summed E-state index contributed by atoms with van der Waals surface area (Å²) in [5.74, 6) is 0.443. The van der Waals surface area contributed by atoms with Crippen LogP contribution in [0.25, 0.3) is 11.3 Å². The van der Waals surface area contributed by atoms with Crippen molar-refractivity contribution in [3.05, 3.63) is 70.7 Å². The van der Waals surface area contributed by atoms with Crippen LogP contribution in [0.3, 0.4) is 0 Å². The van der Waals surface area contributed by atoms with Crippen molar-refractivity contribution in [3.63, 3.8) is 0 Å². The van der Waals surface area contributed by atoms with Crippen LogP contribution in [0.4, 0.5) is 0 Å². The molecule has 0 unspecified atom stereocenters. The zero-order chi connectivity index (χ0) is 20.7. The van der Waals surface area contributed by atoms with Crippen LogP contribution in [0.15, 0.2) is 42.6 Å². The molecule has 3 aromatic rings. The summed E-state index contributed by atoms with van der Waals surface area (Å²) in [7, 11) is 0. The molecule has 6 nitrogen and oxygen atoms in total. The minimum absolute atomic E-state index is 0.0942. The quantitative estimate of drug-likeness (QED) is 0.713. The molecule has 1 aliphatic heterocycles. The lowest BCUT2D eigenvalue weighted by atomic mass is 10.0. The van der Waals surface area contributed by atoms with Gasteiger partial charge in [0.1, 0.15) is 0 Å². The number of aromatic nitrogens is 3. The molecule has 1 saturated carbocycles. The first kappa shape index (κ1) is 18.6. The molecule has 1 fully saturated rings. The van der Waals surface area contributed by atoms with Crippen LogP contribution < -0.4 is 5.32 Å². The lowest BCUT2D eigenvalue weighted by Crippen LogP contribution is -2.32. The standard InChI is InChI=1S/C24H23N5O/c1-15-9-16(14-25)11-19(10-15)24(30)27-20-3-2-8-29-23(20)13-22(28-29)18-6-7-26-21(12-18)17-4-5-17/h6-7,9-13,17,20H,2-5,8H2,1H3,(H,27,30)/t20-/m1/s1. The Bertz CT molecular complexity index is 1170. The molecule has 0 radical (unpaired) electrons. The fourth-order valence-corrected chi connectivity index (χ4v) is 4.20. The van der Waals surface area contributed by atoms with Gasteiger partial charge in [-0.15, -0.1) is 0 Å². The average molecular weight is 397 g/mol. The summed E-state index contributed by atoms with van der Waals surface area (Å²) in [6, 6.07) is 13.5. The normalized spacial score (nSPS) is 17.8. The molecule has 1 aliphatic carbocycles. The van der Waals surface area contributed by atoms with Gasteiger partial charge in [-0.25, -0.2) is 0 Å². The Labute approximate surface area is 175 Å². The largest absolute Gasteiger partial charge is 0.344 e. The summed E-state index contributed by atoms with van der Waals surface area (Å²) >= 11 is 0. The van der Waals surface area contributed by atoms with E-state index < -0.39 is 0 Å². The topological polar surface area (TPSA) is 83.6 Å². The van der Waals surface area contributed by atoms with Crippen LogP contribution in [0, 0.1) is 18.3 Å². The van der Waals surface area contributed by atoms with Gasteiger partial charge in [0.15, 0.2) is 0 Å². The third kappa shape index (κ3) is 3.59. The number of pyridine rings is 1. The van der Waals surface area contributed by atoms with Crippen LogP contribution in [-0.4, -0.2) is 20.7 Å². The van der Waals surface area contributed by atoms with Crippen molar-refractivity contribution in [2.45, 2.75) is 51.1 Å². The Morgan fingerprint density at radius 1 is 1.20 bits per heavy atom. The van der Waals surface area contributed by atoms with Crippen molar-refractivity contribution in [1.82, 2.24) is 20.1 Å². The second kappa shape index (κ2) is 7.42. The molecule has 1 amide bonds. The molecule has 6 heteroatoms. The minimum atomic E-state index is -0.156. The highest BCUT2D eigenvalue weighted by atomic mass is 16.1. The zero-order valence-corrected chi connectivity index (χ0v) is 16.9. The number of amides is 1. The van der Waals surface area contributed by atoms with Crippen molar-refractivity contribution in [1.29, 1.82) is 5.26 Å². The van der Waals surface area contributed by atoms with E-state index in [1.54, 1.807) is 12.1 Å². The van der Waals surface area contributed by atoms with Gasteiger partial charge in [-0.1, -0.05) is 0 Å². The van der Waals surface area contributed by atoms with Crippen LogP contribution in [0.2, 0.25) is 0 Å². The lowest BCUT2D eigenvalue weighted by Gasteiger charge is -2.24. The van der Waals surface area contributed by atoms with Gasteiger partial charge in [-0.05, 0) is 74.6 Å². The van der Waals surface area contributed by atoms with E-state index in [-0.39, 0.29) is 11.9 Å². The molecule has 0 bridgehead atoms. The fourth-order valence-electron chi connectivity index (χ4n) is 4.20. The first-order valence-electron chi connectivity index (χ1n) is 10.5. The second-order valence-electron chi connectivity index (χ2n) is 8.29. The zero-order valence-electron chi connectivity index (χ0n) is 16.9. The second-order valence-corrected chi connectivity index (χ2v) is 8.29. The van der Waals surface area contributed by atoms with Crippen molar-refractivity contribution >= 4 is 5.91 Å². The van der Waals surface area contributed by atoms with Gasteiger partial charge in [-0.3, -0.25) is 14.5 Å². The number of hydrogen-bond acceptors (Lipinski definition) is 4. The summed E-state index contributed by atoms with van der Waals surface area (Å²) < 4.78 is 2.01. The predicted octanol–water partition coefficient (Wildman–Crippen LogP) is 4.27. The molecule has 5 rings (SSSR count). The maximum atomic E-state index is 12.9. The number of fused-ring (bicyclic) bond motifs is 1. The number of nitrogens with zero attached hydrogens (tertiary/aromatic N) is 4. The Kier molecular flexibility index (Phi) is 4.59. The average Bonchev–Trinajstić information content (AvgIpc) is 3.52. The Morgan fingerprint density at radius 3 is 2.87 bits per heavy atom. The van der Waals surface area contributed by atoms with Crippen molar-refractivity contribution < 1.29 is 4.79 Å². The molecule has 150 valence electrons. The fraction of sp³-hybridized carbons (Fsp3) is 0.333. The Balaban J connectivity index is 1.41. The van der Waals surface area contributed by atoms with Gasteiger partial charge in [0.2, 0.25) is 0 Å². The highest BCUT2D eigenvalue weighted by molar-refractivity contribution is 5.95. The molecular formula is C24H23N5O. The van der Waals surface area contributed by atoms with Gasteiger partial charge in [0.05, 0.1) is 29.1 Å². The number of carbonyl (C=O) groups is 1. The Hall–Kier alpha value is -3.46. The van der Waals surface area contributed by atoms with Gasteiger partial charge in [0.25, 0.3) is 5.91 Å². The van der Waals surface area contributed by atoms with E-state index in [0.29, 0.717) is 17.0 Å². The van der Waals surface area contributed by atoms with E-state index in [2.05, 4.69) is 28.5 Å². The monoisotopic (exact) mass is 397 g/mol. The van der Waals surface area contributed by atoms with Gasteiger partial charge >= 0.3 is 0 Å². The van der Waals surface area contributed by atoms with Crippen molar-refractivity contribution in [2.24, 2.45) is 0 Å². The molecule has 1 aromatic carbocycles. The van der Waals surface area contributed by atoms with Crippen LogP contribution in [-0.2, 0) is 6.54 Å². The van der Waals surface area contributed by atoms with Gasteiger partial charge < -0.3 is 5.32 Å². The number of nitrogens with one attached hydrogen (secondary N) is 1. The molecule has 1 atom stereocenters. The number of hydrogen-bond donors (Lipinski definition) is 1. The summed E-state index contributed by atoms with van der Waals surface area (Å²) in [5, 5.41) is 17.2. The number of aryl methyl sites for hydroxylation is 2. The molecule has 3 heterocycles. The number of carbonyl (C=O) groups excluding carboxylic acids is 1. The SMILES string of the molecule is Cc1cc(C#N)cc(C(=O)N[C@@H]2CCCn3nc(-c4ccnc(C5CC5)c4)cc32)c1. The molecule has 0 spiro atoms. The molecule has 30 heavy (non-hydrogen) atoms. The third-order valence-corrected chi connectivity index (χ3v) is 5.88. The summed E-state index contributed by atoms with van der Waals surface area (Å²) in [5.41, 5.74) is 6.11. The van der Waals surface area contributed by atoms with E-state index in [9.17, 15) is 10.1 Å². The summed E-state index contributed by atoms with van der Waals surface area (Å²) in [6.07, 6.45) is 6.13. The molecule has 0 saturated heterocycles. The number of rotatable bonds is 4. The molecule has 2 aliphatic rings. The van der Waals surface area contributed by atoms with E-state index in [1.165, 1.54) is 12.8 Å². The minimum Gasteiger partial charge on any atom is -0.344 e. The van der Waals surface area contributed by atoms with E-state index in [1.807, 2.05) is 29.9 Å². The van der Waals surface area contributed by atoms with Crippen LogP contribution in [0.1, 0.15) is 70.5 Å². The summed E-state index contributed by atoms with van der Waals surface area (Å²) in [4.78, 5) is 17.4. The van der Waals surface area contributed by atoms with E-state index >= 15 is 0 Å². The van der Waals surface area contributed by atoms with Crippen LogP contribution in [0.5, 0.6) is 0 Å². The highest BCUT2D eigenvalue weighted by Crippen LogP contribution is 2.40. The van der Waals surface area contributed by atoms with Gasteiger partial charge in [0, 0.05) is 35.5 Å². The molecular weight excluding hydrogens is 374 g/mol. The maximum Gasteiger partial charge on any atom is 0.251 e. The van der Waals surface area contributed by atoms with Crippen molar-refractivity contribution in [3.8, 4) is 17.3 Å². The van der Waals surface area contributed by atoms with Crippen molar-refractivity contribution in [2.75, 3.05) is 0 Å². The lowest BCUT2D eigenvalue weighted by molar-refractivity contribution is 0.0928. The van der Waals surface area contributed by atoms with Gasteiger partial charge in [-0.2, -0.15) is 10.4 Å². The van der Waals surface area contributed by atoms with E-state index in [0.717, 1.165) is 47.6 Å². The first-order chi connectivity index (χ1) is 14.6. The third-order valence-electron chi connectivity index (χ3n) is 5.88. The van der Waals surface area contributed by atoms with E-state index in [4.69, 9.17) is 5.10 Å². The summed E-state index contributed by atoms with van der Waals surface area (Å²) in [6.45, 7) is 2.75. The smallest absolute Gasteiger partial charge is 0.251 e. The Morgan fingerprint density at radius 2 is 2.07 bits per heavy atom.